The number of nitrogens with zero attached hydrogens (tertiary/aromatic N) is 2. The number of aromatic nitrogens is 2. The molecule has 2 aromatic rings. The smallest absolute Gasteiger partial charge is 0.224 e. The van der Waals surface area contributed by atoms with E-state index >= 15 is 0 Å². The Morgan fingerprint density at radius 3 is 2.70 bits per heavy atom. The lowest BCUT2D eigenvalue weighted by atomic mass is 10.1. The molecule has 4 heteroatoms. The molecule has 0 atom stereocenters. The first-order valence-electron chi connectivity index (χ1n) is 7.19. The van der Waals surface area contributed by atoms with Gasteiger partial charge in [0.05, 0.1) is 0 Å². The Balaban J connectivity index is 1.57. The van der Waals surface area contributed by atoms with Crippen molar-refractivity contribution in [2.75, 3.05) is 17.2 Å². The van der Waals surface area contributed by atoms with E-state index in [4.69, 9.17) is 0 Å². The number of benzene rings is 1. The zero-order valence-corrected chi connectivity index (χ0v) is 11.8. The first-order chi connectivity index (χ1) is 9.79. The SMILES string of the molecule is Cc1cc(NC2CC2)nc(NCCc2ccccc2)n1. The van der Waals surface area contributed by atoms with E-state index in [9.17, 15) is 0 Å². The van der Waals surface area contributed by atoms with Crippen LogP contribution in [0.1, 0.15) is 24.1 Å². The molecule has 0 bridgehead atoms. The Bertz CT molecular complexity index is 564. The highest BCUT2D eigenvalue weighted by Gasteiger charge is 2.21. The zero-order valence-electron chi connectivity index (χ0n) is 11.8. The molecule has 2 N–H and O–H groups in total. The van der Waals surface area contributed by atoms with Crippen molar-refractivity contribution >= 4 is 11.8 Å². The van der Waals surface area contributed by atoms with Gasteiger partial charge in [-0.05, 0) is 31.7 Å². The third kappa shape index (κ3) is 3.70. The molecule has 3 rings (SSSR count). The first kappa shape index (κ1) is 12.9. The lowest BCUT2D eigenvalue weighted by Gasteiger charge is -2.09. The molecule has 1 aromatic heterocycles. The van der Waals surface area contributed by atoms with Crippen LogP contribution in [0.2, 0.25) is 0 Å². The van der Waals surface area contributed by atoms with Crippen LogP contribution in [0.3, 0.4) is 0 Å². The summed E-state index contributed by atoms with van der Waals surface area (Å²) in [6.07, 6.45) is 3.48. The molecule has 0 aliphatic heterocycles. The first-order valence-corrected chi connectivity index (χ1v) is 7.19. The number of hydrogen-bond donors (Lipinski definition) is 2. The molecule has 1 heterocycles. The largest absolute Gasteiger partial charge is 0.367 e. The van der Waals surface area contributed by atoms with Gasteiger partial charge in [0.25, 0.3) is 0 Å². The molecule has 104 valence electrons. The van der Waals surface area contributed by atoms with E-state index in [0.717, 1.165) is 24.5 Å². The van der Waals surface area contributed by atoms with Gasteiger partial charge in [0, 0.05) is 24.3 Å². The summed E-state index contributed by atoms with van der Waals surface area (Å²) in [5.74, 6) is 1.64. The van der Waals surface area contributed by atoms with E-state index in [2.05, 4.69) is 44.9 Å². The quantitative estimate of drug-likeness (QED) is 0.845. The summed E-state index contributed by atoms with van der Waals surface area (Å²) in [6.45, 7) is 2.85. The Morgan fingerprint density at radius 2 is 1.95 bits per heavy atom. The van der Waals surface area contributed by atoms with Crippen LogP contribution in [0.4, 0.5) is 11.8 Å². The Labute approximate surface area is 119 Å². The normalized spacial score (nSPS) is 14.1. The maximum atomic E-state index is 4.51. The second-order valence-electron chi connectivity index (χ2n) is 5.30. The molecule has 1 aliphatic rings. The fourth-order valence-electron chi connectivity index (χ4n) is 2.12. The zero-order chi connectivity index (χ0) is 13.8. The van der Waals surface area contributed by atoms with Gasteiger partial charge >= 0.3 is 0 Å². The van der Waals surface area contributed by atoms with Gasteiger partial charge in [-0.25, -0.2) is 4.98 Å². The second-order valence-corrected chi connectivity index (χ2v) is 5.30. The highest BCUT2D eigenvalue weighted by Crippen LogP contribution is 2.24. The number of anilines is 2. The van der Waals surface area contributed by atoms with Crippen LogP contribution in [-0.4, -0.2) is 22.6 Å². The lowest BCUT2D eigenvalue weighted by molar-refractivity contribution is 0.969. The summed E-state index contributed by atoms with van der Waals surface area (Å²) in [6, 6.07) is 13.1. The molecule has 0 unspecified atom stereocenters. The highest BCUT2D eigenvalue weighted by molar-refractivity contribution is 5.43. The van der Waals surface area contributed by atoms with Crippen molar-refractivity contribution in [3.63, 3.8) is 0 Å². The average Bonchev–Trinajstić information content (AvgIpc) is 3.23. The standard InChI is InChI=1S/C16H20N4/c1-12-11-15(19-14-7-8-14)20-16(18-12)17-10-9-13-5-3-2-4-6-13/h2-6,11,14H,7-10H2,1H3,(H2,17,18,19,20). The van der Waals surface area contributed by atoms with E-state index in [1.54, 1.807) is 0 Å². The molecular weight excluding hydrogens is 248 g/mol. The Kier molecular flexibility index (Phi) is 3.81. The molecule has 1 saturated carbocycles. The van der Waals surface area contributed by atoms with Crippen LogP contribution in [0.15, 0.2) is 36.4 Å². The van der Waals surface area contributed by atoms with Crippen LogP contribution in [0.5, 0.6) is 0 Å². The number of aryl methyl sites for hydroxylation is 1. The summed E-state index contributed by atoms with van der Waals surface area (Å²) in [5.41, 5.74) is 2.31. The lowest BCUT2D eigenvalue weighted by Crippen LogP contribution is -2.11. The van der Waals surface area contributed by atoms with Crippen molar-refractivity contribution in [2.45, 2.75) is 32.2 Å². The molecule has 4 nitrogen and oxygen atoms in total. The van der Waals surface area contributed by atoms with E-state index in [0.29, 0.717) is 12.0 Å². The minimum Gasteiger partial charge on any atom is -0.367 e. The summed E-state index contributed by atoms with van der Waals surface area (Å²) < 4.78 is 0. The van der Waals surface area contributed by atoms with Gasteiger partial charge in [0.1, 0.15) is 5.82 Å². The predicted molar refractivity (Wildman–Crippen MR) is 82.0 cm³/mol. The molecule has 0 spiro atoms. The molecule has 20 heavy (non-hydrogen) atoms. The molecule has 1 aromatic carbocycles. The minimum absolute atomic E-state index is 0.612. The van der Waals surface area contributed by atoms with E-state index in [1.807, 2.05) is 19.1 Å². The van der Waals surface area contributed by atoms with Gasteiger partial charge in [-0.3, -0.25) is 0 Å². The summed E-state index contributed by atoms with van der Waals surface area (Å²) in [5, 5.41) is 6.72. The fraction of sp³-hybridized carbons (Fsp3) is 0.375. The van der Waals surface area contributed by atoms with Crippen molar-refractivity contribution in [1.82, 2.24) is 9.97 Å². The van der Waals surface area contributed by atoms with Gasteiger partial charge in [0.15, 0.2) is 0 Å². The summed E-state index contributed by atoms with van der Waals surface area (Å²) in [4.78, 5) is 8.94. The molecule has 1 aliphatic carbocycles. The van der Waals surface area contributed by atoms with Crippen molar-refractivity contribution in [2.24, 2.45) is 0 Å². The van der Waals surface area contributed by atoms with Crippen molar-refractivity contribution in [3.8, 4) is 0 Å². The van der Waals surface area contributed by atoms with Crippen molar-refractivity contribution < 1.29 is 0 Å². The van der Waals surface area contributed by atoms with E-state index in [-0.39, 0.29) is 0 Å². The molecule has 0 radical (unpaired) electrons. The third-order valence-electron chi connectivity index (χ3n) is 3.32. The minimum atomic E-state index is 0.612. The highest BCUT2D eigenvalue weighted by atomic mass is 15.2. The van der Waals surface area contributed by atoms with Crippen LogP contribution in [0, 0.1) is 6.92 Å². The monoisotopic (exact) mass is 268 g/mol. The number of nitrogens with one attached hydrogen (secondary N) is 2. The van der Waals surface area contributed by atoms with Crippen LogP contribution < -0.4 is 10.6 Å². The van der Waals surface area contributed by atoms with E-state index < -0.39 is 0 Å². The Morgan fingerprint density at radius 1 is 1.15 bits per heavy atom. The van der Waals surface area contributed by atoms with Crippen LogP contribution >= 0.6 is 0 Å². The average molecular weight is 268 g/mol. The van der Waals surface area contributed by atoms with Gasteiger partial charge in [-0.15, -0.1) is 0 Å². The van der Waals surface area contributed by atoms with Crippen molar-refractivity contribution in [3.05, 3.63) is 47.7 Å². The Hall–Kier alpha value is -2.10. The number of hydrogen-bond acceptors (Lipinski definition) is 4. The maximum Gasteiger partial charge on any atom is 0.224 e. The molecular formula is C16H20N4. The maximum absolute atomic E-state index is 4.51. The second kappa shape index (κ2) is 5.90. The number of rotatable bonds is 6. The summed E-state index contributed by atoms with van der Waals surface area (Å²) >= 11 is 0. The van der Waals surface area contributed by atoms with Gasteiger partial charge in [-0.2, -0.15) is 4.98 Å². The fourth-order valence-corrected chi connectivity index (χ4v) is 2.12. The third-order valence-corrected chi connectivity index (χ3v) is 3.32. The van der Waals surface area contributed by atoms with Gasteiger partial charge in [-0.1, -0.05) is 30.3 Å². The summed E-state index contributed by atoms with van der Waals surface area (Å²) in [7, 11) is 0. The van der Waals surface area contributed by atoms with Crippen molar-refractivity contribution in [1.29, 1.82) is 0 Å². The van der Waals surface area contributed by atoms with Gasteiger partial charge in [0.2, 0.25) is 5.95 Å². The van der Waals surface area contributed by atoms with Crippen LogP contribution in [-0.2, 0) is 6.42 Å². The topological polar surface area (TPSA) is 49.8 Å². The van der Waals surface area contributed by atoms with E-state index in [1.165, 1.54) is 18.4 Å². The predicted octanol–water partition coefficient (Wildman–Crippen LogP) is 3.01. The molecule has 0 saturated heterocycles. The van der Waals surface area contributed by atoms with Crippen LogP contribution in [0.25, 0.3) is 0 Å². The van der Waals surface area contributed by atoms with Gasteiger partial charge < -0.3 is 10.6 Å². The molecule has 0 amide bonds. The molecule has 1 fully saturated rings.